The first-order chi connectivity index (χ1) is 9.76. The van der Waals surface area contributed by atoms with Crippen molar-refractivity contribution in [2.24, 2.45) is 0 Å². The summed E-state index contributed by atoms with van der Waals surface area (Å²) in [5.74, 6) is 1.40. The van der Waals surface area contributed by atoms with E-state index in [1.54, 1.807) is 7.11 Å². The van der Waals surface area contributed by atoms with Crippen LogP contribution >= 0.6 is 11.6 Å². The fourth-order valence-electron chi connectivity index (χ4n) is 3.81. The van der Waals surface area contributed by atoms with Crippen molar-refractivity contribution >= 4 is 22.5 Å². The van der Waals surface area contributed by atoms with E-state index in [1.807, 2.05) is 6.07 Å². The summed E-state index contributed by atoms with van der Waals surface area (Å²) in [6, 6.07) is 4.10. The largest absolute Gasteiger partial charge is 0.495 e. The second-order valence-corrected chi connectivity index (χ2v) is 6.35. The molecule has 0 aliphatic carbocycles. The van der Waals surface area contributed by atoms with Gasteiger partial charge in [0.15, 0.2) is 0 Å². The molecule has 1 aromatic carbocycles. The van der Waals surface area contributed by atoms with Crippen molar-refractivity contribution in [2.45, 2.75) is 25.2 Å². The molecule has 2 unspecified atom stereocenters. The first-order valence-electron chi connectivity index (χ1n) is 7.36. The standard InChI is InChI=1S/C16H19ClN2O/c1-20-15-8-14-12(7-13(15)17)11-4-6-19-5-2-3-10(9-19)16(11)18-14/h7-8,10,18H,2-6,9H2,1H3. The Balaban J connectivity index is 1.90. The quantitative estimate of drug-likeness (QED) is 0.870. The fourth-order valence-corrected chi connectivity index (χ4v) is 4.05. The molecular formula is C16H19ClN2O. The van der Waals surface area contributed by atoms with Crippen LogP contribution in [0, 0.1) is 0 Å². The van der Waals surface area contributed by atoms with Gasteiger partial charge in [-0.3, -0.25) is 0 Å². The lowest BCUT2D eigenvalue weighted by Crippen LogP contribution is -2.33. The van der Waals surface area contributed by atoms with Gasteiger partial charge in [0.25, 0.3) is 0 Å². The normalized spacial score (nSPS) is 25.3. The Morgan fingerprint density at radius 3 is 3.10 bits per heavy atom. The highest BCUT2D eigenvalue weighted by molar-refractivity contribution is 6.32. The highest BCUT2D eigenvalue weighted by atomic mass is 35.5. The van der Waals surface area contributed by atoms with Crippen molar-refractivity contribution in [3.8, 4) is 5.75 Å². The number of piperidine rings is 1. The molecule has 2 bridgehead atoms. The molecule has 0 radical (unpaired) electrons. The van der Waals surface area contributed by atoms with Crippen LogP contribution in [-0.2, 0) is 6.42 Å². The number of halogens is 1. The van der Waals surface area contributed by atoms with Gasteiger partial charge in [-0.15, -0.1) is 0 Å². The smallest absolute Gasteiger partial charge is 0.139 e. The third-order valence-corrected chi connectivity index (χ3v) is 5.10. The minimum Gasteiger partial charge on any atom is -0.495 e. The van der Waals surface area contributed by atoms with Crippen LogP contribution in [0.15, 0.2) is 12.1 Å². The van der Waals surface area contributed by atoms with E-state index in [-0.39, 0.29) is 0 Å². The minimum absolute atomic E-state index is 0.651. The van der Waals surface area contributed by atoms with Crippen LogP contribution < -0.4 is 4.74 Å². The van der Waals surface area contributed by atoms with E-state index in [0.29, 0.717) is 10.9 Å². The zero-order chi connectivity index (χ0) is 13.7. The van der Waals surface area contributed by atoms with Gasteiger partial charge in [-0.25, -0.2) is 0 Å². The Labute approximate surface area is 123 Å². The summed E-state index contributed by atoms with van der Waals surface area (Å²) < 4.78 is 5.33. The van der Waals surface area contributed by atoms with Crippen LogP contribution in [0.5, 0.6) is 5.75 Å². The van der Waals surface area contributed by atoms with Crippen molar-refractivity contribution in [2.75, 3.05) is 26.7 Å². The minimum atomic E-state index is 0.651. The van der Waals surface area contributed by atoms with Crippen molar-refractivity contribution in [3.05, 3.63) is 28.4 Å². The van der Waals surface area contributed by atoms with E-state index >= 15 is 0 Å². The van der Waals surface area contributed by atoms with Gasteiger partial charge in [-0.2, -0.15) is 0 Å². The van der Waals surface area contributed by atoms with Crippen molar-refractivity contribution in [1.82, 2.24) is 9.88 Å². The molecule has 2 aliphatic rings. The molecule has 1 saturated heterocycles. The number of aromatic amines is 1. The lowest BCUT2D eigenvalue weighted by molar-refractivity contribution is 0.217. The maximum absolute atomic E-state index is 6.31. The molecule has 106 valence electrons. The van der Waals surface area contributed by atoms with Crippen LogP contribution in [0.3, 0.4) is 0 Å². The lowest BCUT2D eigenvalue weighted by Gasteiger charge is -2.29. The van der Waals surface area contributed by atoms with Gasteiger partial charge in [0.2, 0.25) is 0 Å². The SMILES string of the molecule is COc1cc2[nH]c3c(c2cc1Cl)CCN1CCCC3C1. The molecule has 3 heterocycles. The first kappa shape index (κ1) is 12.5. The van der Waals surface area contributed by atoms with E-state index in [2.05, 4.69) is 16.0 Å². The number of fused-ring (bicyclic) bond motifs is 6. The van der Waals surface area contributed by atoms with Crippen molar-refractivity contribution < 1.29 is 4.74 Å². The highest BCUT2D eigenvalue weighted by Crippen LogP contribution is 2.39. The molecule has 1 aromatic heterocycles. The topological polar surface area (TPSA) is 28.3 Å². The number of nitrogens with one attached hydrogen (secondary N) is 1. The number of nitrogens with zero attached hydrogens (tertiary/aromatic N) is 1. The van der Waals surface area contributed by atoms with Crippen LogP contribution in [0.25, 0.3) is 10.9 Å². The number of methoxy groups -OCH3 is 1. The van der Waals surface area contributed by atoms with Crippen LogP contribution in [0.4, 0.5) is 0 Å². The average Bonchev–Trinajstić information content (AvgIpc) is 2.76. The van der Waals surface area contributed by atoms with E-state index in [4.69, 9.17) is 16.3 Å². The molecule has 2 aliphatic heterocycles. The molecule has 4 heteroatoms. The number of aromatic nitrogens is 1. The van der Waals surface area contributed by atoms with Gasteiger partial charge >= 0.3 is 0 Å². The number of H-pyrrole nitrogens is 1. The summed E-state index contributed by atoms with van der Waals surface area (Å²) in [4.78, 5) is 6.24. The zero-order valence-electron chi connectivity index (χ0n) is 11.7. The summed E-state index contributed by atoms with van der Waals surface area (Å²) in [7, 11) is 1.67. The van der Waals surface area contributed by atoms with E-state index in [1.165, 1.54) is 49.1 Å². The molecule has 0 saturated carbocycles. The number of rotatable bonds is 1. The second-order valence-electron chi connectivity index (χ2n) is 5.94. The molecule has 2 aromatic rings. The molecule has 0 spiro atoms. The van der Waals surface area contributed by atoms with Crippen LogP contribution in [0.2, 0.25) is 5.02 Å². The zero-order valence-corrected chi connectivity index (χ0v) is 12.5. The van der Waals surface area contributed by atoms with Gasteiger partial charge in [-0.1, -0.05) is 11.6 Å². The van der Waals surface area contributed by atoms with Gasteiger partial charge in [0, 0.05) is 41.7 Å². The predicted octanol–water partition coefficient (Wildman–Crippen LogP) is 3.57. The van der Waals surface area contributed by atoms with Gasteiger partial charge in [0.1, 0.15) is 5.75 Å². The number of hydrogen-bond donors (Lipinski definition) is 1. The molecule has 0 amide bonds. The maximum Gasteiger partial charge on any atom is 0.139 e. The molecule has 1 N–H and O–H groups in total. The summed E-state index contributed by atoms with van der Waals surface area (Å²) in [6.07, 6.45) is 3.72. The van der Waals surface area contributed by atoms with Gasteiger partial charge in [-0.05, 0) is 37.4 Å². The Hall–Kier alpha value is -1.19. The monoisotopic (exact) mass is 290 g/mol. The summed E-state index contributed by atoms with van der Waals surface area (Å²) in [5, 5.41) is 1.98. The highest BCUT2D eigenvalue weighted by Gasteiger charge is 2.29. The fraction of sp³-hybridized carbons (Fsp3) is 0.500. The molecule has 4 rings (SSSR count). The summed E-state index contributed by atoms with van der Waals surface area (Å²) in [6.45, 7) is 3.62. The second kappa shape index (κ2) is 4.68. The van der Waals surface area contributed by atoms with Crippen LogP contribution in [0.1, 0.15) is 30.0 Å². The molecule has 1 fully saturated rings. The molecule has 2 atom stereocenters. The summed E-state index contributed by atoms with van der Waals surface area (Å²) >= 11 is 6.31. The van der Waals surface area contributed by atoms with E-state index < -0.39 is 0 Å². The predicted molar refractivity (Wildman–Crippen MR) is 82.0 cm³/mol. The Morgan fingerprint density at radius 2 is 2.25 bits per heavy atom. The Morgan fingerprint density at radius 1 is 1.35 bits per heavy atom. The van der Waals surface area contributed by atoms with E-state index in [9.17, 15) is 0 Å². The van der Waals surface area contributed by atoms with E-state index in [0.717, 1.165) is 17.7 Å². The molecular weight excluding hydrogens is 272 g/mol. The van der Waals surface area contributed by atoms with Crippen LogP contribution in [-0.4, -0.2) is 36.6 Å². The number of benzene rings is 1. The third-order valence-electron chi connectivity index (χ3n) is 4.80. The number of ether oxygens (including phenoxy) is 1. The molecule has 20 heavy (non-hydrogen) atoms. The van der Waals surface area contributed by atoms with Crippen molar-refractivity contribution in [3.63, 3.8) is 0 Å². The first-order valence-corrected chi connectivity index (χ1v) is 7.74. The maximum atomic E-state index is 6.31. The van der Waals surface area contributed by atoms with Crippen molar-refractivity contribution in [1.29, 1.82) is 0 Å². The van der Waals surface area contributed by atoms with Gasteiger partial charge < -0.3 is 14.6 Å². The van der Waals surface area contributed by atoms with Gasteiger partial charge in [0.05, 0.1) is 12.1 Å². The summed E-state index contributed by atoms with van der Waals surface area (Å²) in [5.41, 5.74) is 4.07. The molecule has 3 nitrogen and oxygen atoms in total. The third kappa shape index (κ3) is 1.84. The number of hydrogen-bond acceptors (Lipinski definition) is 2. The Bertz CT molecular complexity index is 664. The lowest BCUT2D eigenvalue weighted by atomic mass is 9.93. The Kier molecular flexibility index (Phi) is 2.93. The average molecular weight is 291 g/mol.